The molecule has 0 aromatic carbocycles. The minimum atomic E-state index is 0.841. The summed E-state index contributed by atoms with van der Waals surface area (Å²) in [6, 6.07) is 17.8. The average Bonchev–Trinajstić information content (AvgIpc) is 2.62. The molecule has 122 valence electrons. The fourth-order valence-electron chi connectivity index (χ4n) is 2.35. The zero-order valence-corrected chi connectivity index (χ0v) is 14.4. The number of hydrogen-bond acceptors (Lipinski definition) is 5. The number of rotatable bonds is 4. The van der Waals surface area contributed by atoms with Gasteiger partial charge in [-0.05, 0) is 36.4 Å². The minimum Gasteiger partial charge on any atom is -0.363 e. The highest BCUT2D eigenvalue weighted by Crippen LogP contribution is 2.23. The molecule has 0 fully saturated rings. The summed E-state index contributed by atoms with van der Waals surface area (Å²) >= 11 is 0. The molecule has 0 amide bonds. The molecule has 0 aliphatic carbocycles. The number of anilines is 2. The van der Waals surface area contributed by atoms with E-state index in [1.807, 2.05) is 92.6 Å². The van der Waals surface area contributed by atoms with Crippen LogP contribution in [0.5, 0.6) is 0 Å². The van der Waals surface area contributed by atoms with Gasteiger partial charge in [0.15, 0.2) is 0 Å². The van der Waals surface area contributed by atoms with E-state index >= 15 is 0 Å². The van der Waals surface area contributed by atoms with Crippen molar-refractivity contribution in [1.82, 2.24) is 15.0 Å². The van der Waals surface area contributed by atoms with Crippen LogP contribution in [-0.2, 0) is 0 Å². The lowest BCUT2D eigenvalue weighted by atomic mass is 10.2. The summed E-state index contributed by atoms with van der Waals surface area (Å²) in [6.07, 6.45) is 0. The van der Waals surface area contributed by atoms with E-state index in [1.165, 1.54) is 0 Å². The standard InChI is InChI=1S/C19H21N5/c1-23(2)18-12-6-10-16(21-18)14-8-5-9-15(20-14)17-11-7-13-19(22-17)24(3)4/h5-13H,1-4H3. The molecular weight excluding hydrogens is 298 g/mol. The van der Waals surface area contributed by atoms with E-state index < -0.39 is 0 Å². The number of aromatic nitrogens is 3. The molecule has 3 aromatic heterocycles. The molecule has 3 rings (SSSR count). The van der Waals surface area contributed by atoms with Gasteiger partial charge in [-0.3, -0.25) is 0 Å². The first-order chi connectivity index (χ1) is 11.5. The lowest BCUT2D eigenvalue weighted by molar-refractivity contribution is 1.06. The first-order valence-corrected chi connectivity index (χ1v) is 7.81. The maximum atomic E-state index is 4.75. The fraction of sp³-hybridized carbons (Fsp3) is 0.211. The van der Waals surface area contributed by atoms with Crippen molar-refractivity contribution in [1.29, 1.82) is 0 Å². The van der Waals surface area contributed by atoms with Crippen LogP contribution in [0, 0.1) is 0 Å². The van der Waals surface area contributed by atoms with Crippen molar-refractivity contribution >= 4 is 11.6 Å². The molecule has 0 aliphatic heterocycles. The maximum Gasteiger partial charge on any atom is 0.128 e. The van der Waals surface area contributed by atoms with Gasteiger partial charge in [-0.1, -0.05) is 18.2 Å². The van der Waals surface area contributed by atoms with E-state index in [0.29, 0.717) is 0 Å². The molecule has 0 aliphatic rings. The minimum absolute atomic E-state index is 0.841. The molecule has 0 spiro atoms. The summed E-state index contributed by atoms with van der Waals surface area (Å²) in [5, 5.41) is 0. The van der Waals surface area contributed by atoms with Crippen LogP contribution in [0.25, 0.3) is 22.8 Å². The molecule has 5 nitrogen and oxygen atoms in total. The highest BCUT2D eigenvalue weighted by molar-refractivity contribution is 5.64. The molecule has 5 heteroatoms. The van der Waals surface area contributed by atoms with E-state index in [9.17, 15) is 0 Å². The lowest BCUT2D eigenvalue weighted by Gasteiger charge is -2.13. The van der Waals surface area contributed by atoms with E-state index in [0.717, 1.165) is 34.4 Å². The molecule has 0 saturated carbocycles. The smallest absolute Gasteiger partial charge is 0.128 e. The predicted molar refractivity (Wildman–Crippen MR) is 99.4 cm³/mol. The highest BCUT2D eigenvalue weighted by atomic mass is 15.1. The van der Waals surface area contributed by atoms with E-state index in [-0.39, 0.29) is 0 Å². The number of nitrogens with zero attached hydrogens (tertiary/aromatic N) is 5. The predicted octanol–water partition coefficient (Wildman–Crippen LogP) is 3.34. The van der Waals surface area contributed by atoms with Crippen molar-refractivity contribution in [3.8, 4) is 22.8 Å². The van der Waals surface area contributed by atoms with Gasteiger partial charge in [0.1, 0.15) is 11.6 Å². The van der Waals surface area contributed by atoms with Gasteiger partial charge in [0.2, 0.25) is 0 Å². The van der Waals surface area contributed by atoms with E-state index in [4.69, 9.17) is 4.98 Å². The Morgan fingerprint density at radius 2 is 0.833 bits per heavy atom. The summed E-state index contributed by atoms with van der Waals surface area (Å²) < 4.78 is 0. The summed E-state index contributed by atoms with van der Waals surface area (Å²) in [4.78, 5) is 18.0. The van der Waals surface area contributed by atoms with Gasteiger partial charge in [0.25, 0.3) is 0 Å². The Balaban J connectivity index is 2.01. The summed E-state index contributed by atoms with van der Waals surface area (Å²) in [5.41, 5.74) is 3.39. The molecular formula is C19H21N5. The van der Waals surface area contributed by atoms with Crippen molar-refractivity contribution < 1.29 is 0 Å². The maximum absolute atomic E-state index is 4.75. The summed E-state index contributed by atoms with van der Waals surface area (Å²) in [5.74, 6) is 1.82. The summed E-state index contributed by atoms with van der Waals surface area (Å²) in [6.45, 7) is 0. The van der Waals surface area contributed by atoms with Crippen molar-refractivity contribution in [3.05, 3.63) is 54.6 Å². The zero-order chi connectivity index (χ0) is 17.1. The van der Waals surface area contributed by atoms with Crippen molar-refractivity contribution in [2.24, 2.45) is 0 Å². The Kier molecular flexibility index (Phi) is 4.42. The number of hydrogen-bond donors (Lipinski definition) is 0. The van der Waals surface area contributed by atoms with Crippen molar-refractivity contribution in [2.45, 2.75) is 0 Å². The van der Waals surface area contributed by atoms with Gasteiger partial charge < -0.3 is 9.80 Å². The third-order valence-corrected chi connectivity index (χ3v) is 3.66. The summed E-state index contributed by atoms with van der Waals surface area (Å²) in [7, 11) is 7.92. The Bertz CT molecular complexity index is 776. The first-order valence-electron chi connectivity index (χ1n) is 7.81. The normalized spacial score (nSPS) is 10.5. The number of pyridine rings is 3. The molecule has 0 N–H and O–H groups in total. The Morgan fingerprint density at radius 3 is 1.21 bits per heavy atom. The molecule has 0 radical (unpaired) electrons. The van der Waals surface area contributed by atoms with Crippen molar-refractivity contribution in [2.75, 3.05) is 38.0 Å². The van der Waals surface area contributed by atoms with Gasteiger partial charge in [-0.15, -0.1) is 0 Å². The lowest BCUT2D eigenvalue weighted by Crippen LogP contribution is -2.11. The van der Waals surface area contributed by atoms with Crippen LogP contribution < -0.4 is 9.80 Å². The largest absolute Gasteiger partial charge is 0.363 e. The van der Waals surface area contributed by atoms with Gasteiger partial charge in [-0.2, -0.15) is 0 Å². The van der Waals surface area contributed by atoms with Gasteiger partial charge in [0.05, 0.1) is 22.8 Å². The Morgan fingerprint density at radius 1 is 0.500 bits per heavy atom. The Hall–Kier alpha value is -2.95. The monoisotopic (exact) mass is 319 g/mol. The molecule has 0 bridgehead atoms. The van der Waals surface area contributed by atoms with Crippen LogP contribution >= 0.6 is 0 Å². The molecule has 0 saturated heterocycles. The second kappa shape index (κ2) is 6.66. The topological polar surface area (TPSA) is 45.2 Å². The van der Waals surface area contributed by atoms with Crippen LogP contribution in [0.1, 0.15) is 0 Å². The second-order valence-electron chi connectivity index (χ2n) is 5.96. The zero-order valence-electron chi connectivity index (χ0n) is 14.4. The van der Waals surface area contributed by atoms with Gasteiger partial charge >= 0.3 is 0 Å². The van der Waals surface area contributed by atoms with E-state index in [2.05, 4.69) is 9.97 Å². The first kappa shape index (κ1) is 15.9. The molecule has 24 heavy (non-hydrogen) atoms. The Labute approximate surface area is 142 Å². The van der Waals surface area contributed by atoms with Gasteiger partial charge in [0, 0.05) is 28.2 Å². The fourth-order valence-corrected chi connectivity index (χ4v) is 2.35. The van der Waals surface area contributed by atoms with Gasteiger partial charge in [-0.25, -0.2) is 15.0 Å². The van der Waals surface area contributed by atoms with Crippen LogP contribution in [0.2, 0.25) is 0 Å². The average molecular weight is 319 g/mol. The molecule has 3 heterocycles. The highest BCUT2D eigenvalue weighted by Gasteiger charge is 2.08. The second-order valence-corrected chi connectivity index (χ2v) is 5.96. The van der Waals surface area contributed by atoms with Crippen LogP contribution in [-0.4, -0.2) is 43.1 Å². The third kappa shape index (κ3) is 3.35. The van der Waals surface area contributed by atoms with Crippen molar-refractivity contribution in [3.63, 3.8) is 0 Å². The third-order valence-electron chi connectivity index (χ3n) is 3.66. The van der Waals surface area contributed by atoms with Crippen LogP contribution in [0.4, 0.5) is 11.6 Å². The molecule has 0 atom stereocenters. The molecule has 0 unspecified atom stereocenters. The SMILES string of the molecule is CN(C)c1cccc(-c2cccc(-c3cccc(N(C)C)n3)n2)n1. The van der Waals surface area contributed by atoms with E-state index in [1.54, 1.807) is 0 Å². The van der Waals surface area contributed by atoms with Crippen LogP contribution in [0.15, 0.2) is 54.6 Å². The molecule has 3 aromatic rings. The quantitative estimate of drug-likeness (QED) is 0.738. The van der Waals surface area contributed by atoms with Crippen LogP contribution in [0.3, 0.4) is 0 Å².